The van der Waals surface area contributed by atoms with Crippen LogP contribution in [0.15, 0.2) is 29.2 Å². The van der Waals surface area contributed by atoms with Gasteiger partial charge in [0.05, 0.1) is 23.6 Å². The summed E-state index contributed by atoms with van der Waals surface area (Å²) in [6.07, 6.45) is -0.330. The molecule has 11 heteroatoms. The lowest BCUT2D eigenvalue weighted by Crippen LogP contribution is -2.55. The van der Waals surface area contributed by atoms with Gasteiger partial charge in [-0.15, -0.1) is 0 Å². The molecule has 1 aromatic rings. The Morgan fingerprint density at radius 2 is 1.61 bits per heavy atom. The number of amides is 2. The Morgan fingerprint density at radius 1 is 1.00 bits per heavy atom. The molecule has 2 aliphatic rings. The first kappa shape index (κ1) is 23.0. The number of ether oxygens (including phenoxy) is 1. The number of nitrogens with zero attached hydrogens (tertiary/aromatic N) is 5. The van der Waals surface area contributed by atoms with E-state index in [0.29, 0.717) is 45.9 Å². The van der Waals surface area contributed by atoms with Crippen LogP contribution in [-0.4, -0.2) is 105 Å². The molecule has 10 nitrogen and oxygen atoms in total. The van der Waals surface area contributed by atoms with Crippen molar-refractivity contribution in [2.24, 2.45) is 0 Å². The van der Waals surface area contributed by atoms with E-state index in [1.54, 1.807) is 28.9 Å². The zero-order valence-corrected chi connectivity index (χ0v) is 18.4. The third-order valence-electron chi connectivity index (χ3n) is 5.47. The summed E-state index contributed by atoms with van der Waals surface area (Å²) in [6.45, 7) is 5.50. The van der Waals surface area contributed by atoms with Crippen LogP contribution < -0.4 is 0 Å². The van der Waals surface area contributed by atoms with Gasteiger partial charge >= 0.3 is 6.09 Å². The van der Waals surface area contributed by atoms with Crippen molar-refractivity contribution < 1.29 is 22.7 Å². The SMILES string of the molecule is CCOC(=O)N1CCN(CC(=O)N2CCN(S(=O)(=O)c3ccccc3C#N)CC2)CC1. The lowest BCUT2D eigenvalue weighted by Gasteiger charge is -2.37. The quantitative estimate of drug-likeness (QED) is 0.629. The largest absolute Gasteiger partial charge is 0.450 e. The molecule has 0 aliphatic carbocycles. The summed E-state index contributed by atoms with van der Waals surface area (Å²) in [7, 11) is -3.79. The monoisotopic (exact) mass is 449 g/mol. The number of carbonyl (C=O) groups excluding carboxylic acids is 2. The summed E-state index contributed by atoms with van der Waals surface area (Å²) < 4.78 is 32.1. The molecule has 0 atom stereocenters. The van der Waals surface area contributed by atoms with Gasteiger partial charge in [-0.3, -0.25) is 9.69 Å². The van der Waals surface area contributed by atoms with Gasteiger partial charge in [-0.1, -0.05) is 12.1 Å². The second kappa shape index (κ2) is 10.1. The molecule has 1 aromatic carbocycles. The maximum Gasteiger partial charge on any atom is 0.409 e. The Hall–Kier alpha value is -2.68. The third-order valence-corrected chi connectivity index (χ3v) is 7.43. The van der Waals surface area contributed by atoms with Gasteiger partial charge in [0, 0.05) is 52.4 Å². The van der Waals surface area contributed by atoms with Crippen LogP contribution in [0.4, 0.5) is 4.79 Å². The molecule has 0 bridgehead atoms. The Morgan fingerprint density at radius 3 is 2.23 bits per heavy atom. The molecule has 168 valence electrons. The van der Waals surface area contributed by atoms with Crippen molar-refractivity contribution in [1.82, 2.24) is 19.0 Å². The van der Waals surface area contributed by atoms with Gasteiger partial charge in [0.2, 0.25) is 15.9 Å². The molecule has 31 heavy (non-hydrogen) atoms. The fraction of sp³-hybridized carbons (Fsp3) is 0.550. The number of rotatable bonds is 5. The fourth-order valence-electron chi connectivity index (χ4n) is 3.70. The van der Waals surface area contributed by atoms with Crippen LogP contribution >= 0.6 is 0 Å². The second-order valence-electron chi connectivity index (χ2n) is 7.35. The molecule has 0 N–H and O–H groups in total. The van der Waals surface area contributed by atoms with Crippen LogP contribution in [0.3, 0.4) is 0 Å². The zero-order valence-electron chi connectivity index (χ0n) is 17.6. The van der Waals surface area contributed by atoms with Crippen LogP contribution in [0.2, 0.25) is 0 Å². The minimum atomic E-state index is -3.79. The van der Waals surface area contributed by atoms with Crippen LogP contribution in [-0.2, 0) is 19.6 Å². The van der Waals surface area contributed by atoms with Crippen molar-refractivity contribution in [2.45, 2.75) is 11.8 Å². The number of carbonyl (C=O) groups is 2. The van der Waals surface area contributed by atoms with E-state index < -0.39 is 10.0 Å². The van der Waals surface area contributed by atoms with Crippen molar-refractivity contribution in [3.8, 4) is 6.07 Å². The predicted molar refractivity (Wildman–Crippen MR) is 112 cm³/mol. The first-order valence-corrected chi connectivity index (χ1v) is 11.7. The highest BCUT2D eigenvalue weighted by Crippen LogP contribution is 2.21. The van der Waals surface area contributed by atoms with E-state index in [-0.39, 0.29) is 42.1 Å². The van der Waals surface area contributed by atoms with Crippen molar-refractivity contribution >= 4 is 22.0 Å². The number of hydrogen-bond acceptors (Lipinski definition) is 7. The second-order valence-corrected chi connectivity index (χ2v) is 9.26. The lowest BCUT2D eigenvalue weighted by molar-refractivity contribution is -0.134. The first-order valence-electron chi connectivity index (χ1n) is 10.3. The van der Waals surface area contributed by atoms with E-state index in [2.05, 4.69) is 0 Å². The van der Waals surface area contributed by atoms with Gasteiger partial charge in [0.15, 0.2) is 0 Å². The summed E-state index contributed by atoms with van der Waals surface area (Å²) in [4.78, 5) is 29.7. The first-order chi connectivity index (χ1) is 14.9. The molecule has 3 rings (SSSR count). The highest BCUT2D eigenvalue weighted by molar-refractivity contribution is 7.89. The Labute approximate surface area is 182 Å². The number of hydrogen-bond donors (Lipinski definition) is 0. The third kappa shape index (κ3) is 5.33. The summed E-state index contributed by atoms with van der Waals surface area (Å²) in [5, 5.41) is 9.21. The van der Waals surface area contributed by atoms with Crippen molar-refractivity contribution in [3.63, 3.8) is 0 Å². The lowest BCUT2D eigenvalue weighted by atomic mass is 10.2. The average molecular weight is 450 g/mol. The molecule has 2 amide bonds. The van der Waals surface area contributed by atoms with E-state index in [9.17, 15) is 23.3 Å². The molecule has 0 unspecified atom stereocenters. The number of benzene rings is 1. The summed E-state index contributed by atoms with van der Waals surface area (Å²) in [5.74, 6) is -0.0564. The van der Waals surface area contributed by atoms with Crippen molar-refractivity contribution in [1.29, 1.82) is 5.26 Å². The summed E-state index contributed by atoms with van der Waals surface area (Å²) >= 11 is 0. The predicted octanol–water partition coefficient (Wildman–Crippen LogP) is 0.165. The summed E-state index contributed by atoms with van der Waals surface area (Å²) in [6, 6.07) is 8.05. The fourth-order valence-corrected chi connectivity index (χ4v) is 5.26. The highest BCUT2D eigenvalue weighted by Gasteiger charge is 2.32. The van der Waals surface area contributed by atoms with Crippen LogP contribution in [0, 0.1) is 11.3 Å². The molecule has 0 saturated carbocycles. The molecule has 0 spiro atoms. The standard InChI is InChI=1S/C20H27N5O5S/c1-2-30-20(27)24-9-7-22(8-10-24)16-19(26)23-11-13-25(14-12-23)31(28,29)18-6-4-3-5-17(18)15-21/h3-6H,2,7-14,16H2,1H3. The number of sulfonamides is 1. The van der Waals surface area contributed by atoms with E-state index in [4.69, 9.17) is 4.74 Å². The van der Waals surface area contributed by atoms with Crippen molar-refractivity contribution in [2.75, 3.05) is 65.5 Å². The maximum atomic E-state index is 12.9. The van der Waals surface area contributed by atoms with Gasteiger partial charge in [-0.25, -0.2) is 13.2 Å². The van der Waals surface area contributed by atoms with E-state index in [1.807, 2.05) is 11.0 Å². The van der Waals surface area contributed by atoms with Gasteiger partial charge < -0.3 is 14.5 Å². The number of piperazine rings is 2. The average Bonchev–Trinajstić information content (AvgIpc) is 2.79. The molecule has 2 saturated heterocycles. The zero-order chi connectivity index (χ0) is 22.4. The summed E-state index contributed by atoms with van der Waals surface area (Å²) in [5.41, 5.74) is 0.114. The Bertz CT molecular complexity index is 945. The van der Waals surface area contributed by atoms with E-state index >= 15 is 0 Å². The molecule has 2 aliphatic heterocycles. The van der Waals surface area contributed by atoms with E-state index in [0.717, 1.165) is 0 Å². The van der Waals surface area contributed by atoms with Gasteiger partial charge in [-0.05, 0) is 19.1 Å². The van der Waals surface area contributed by atoms with Crippen LogP contribution in [0.5, 0.6) is 0 Å². The maximum absolute atomic E-state index is 12.9. The Kier molecular flexibility index (Phi) is 7.48. The normalized spacial score (nSPS) is 18.5. The number of nitriles is 1. The molecular formula is C20H27N5O5S. The minimum absolute atomic E-state index is 0.00301. The van der Waals surface area contributed by atoms with Gasteiger partial charge in [0.25, 0.3) is 0 Å². The van der Waals surface area contributed by atoms with Gasteiger partial charge in [0.1, 0.15) is 6.07 Å². The topological polar surface area (TPSA) is 114 Å². The van der Waals surface area contributed by atoms with E-state index in [1.165, 1.54) is 16.4 Å². The molecule has 0 aromatic heterocycles. The van der Waals surface area contributed by atoms with Crippen molar-refractivity contribution in [3.05, 3.63) is 29.8 Å². The van der Waals surface area contributed by atoms with Crippen LogP contribution in [0.25, 0.3) is 0 Å². The highest BCUT2D eigenvalue weighted by atomic mass is 32.2. The minimum Gasteiger partial charge on any atom is -0.450 e. The molecule has 0 radical (unpaired) electrons. The Balaban J connectivity index is 1.50. The molecular weight excluding hydrogens is 422 g/mol. The van der Waals surface area contributed by atoms with Gasteiger partial charge in [-0.2, -0.15) is 9.57 Å². The molecule has 2 heterocycles. The van der Waals surface area contributed by atoms with Crippen LogP contribution in [0.1, 0.15) is 12.5 Å². The smallest absolute Gasteiger partial charge is 0.409 e. The molecule has 2 fully saturated rings.